The Morgan fingerprint density at radius 3 is 2.70 bits per heavy atom. The number of rotatable bonds is 6. The minimum Gasteiger partial charge on any atom is -0.303 e. The van der Waals surface area contributed by atoms with Gasteiger partial charge in [0, 0.05) is 12.0 Å². The van der Waals surface area contributed by atoms with E-state index in [9.17, 15) is 0 Å². The summed E-state index contributed by atoms with van der Waals surface area (Å²) in [7, 11) is 0. The minimum atomic E-state index is 0.624. The van der Waals surface area contributed by atoms with Crippen LogP contribution in [-0.2, 0) is 5.75 Å². The Morgan fingerprint density at radius 2 is 2.05 bits per heavy atom. The highest BCUT2D eigenvalue weighted by molar-refractivity contribution is 7.98. The van der Waals surface area contributed by atoms with Crippen molar-refractivity contribution in [2.75, 3.05) is 5.43 Å². The van der Waals surface area contributed by atoms with Gasteiger partial charge in [-0.05, 0) is 25.7 Å². The molecular formula is C11H15N7S2. The van der Waals surface area contributed by atoms with Crippen LogP contribution in [0.25, 0.3) is 0 Å². The summed E-state index contributed by atoms with van der Waals surface area (Å²) in [5.41, 5.74) is 2.51. The van der Waals surface area contributed by atoms with E-state index in [2.05, 4.69) is 30.4 Å². The quantitative estimate of drug-likeness (QED) is 0.478. The molecule has 2 aliphatic carbocycles. The fraction of sp³-hybridized carbons (Fsp3) is 0.636. The lowest BCUT2D eigenvalue weighted by atomic mass is 10.4. The van der Waals surface area contributed by atoms with Gasteiger partial charge in [0.05, 0.1) is 5.75 Å². The Kier molecular flexibility index (Phi) is 3.12. The molecule has 0 aromatic carbocycles. The molecule has 2 aliphatic rings. The fourth-order valence-electron chi connectivity index (χ4n) is 2.18. The van der Waals surface area contributed by atoms with E-state index in [1.807, 2.05) is 0 Å². The maximum atomic E-state index is 5.31. The van der Waals surface area contributed by atoms with Gasteiger partial charge in [-0.3, -0.25) is 5.43 Å². The molecular weight excluding hydrogens is 294 g/mol. The molecule has 0 amide bonds. The van der Waals surface area contributed by atoms with Gasteiger partial charge in [0.1, 0.15) is 10.8 Å². The second kappa shape index (κ2) is 4.97. The molecule has 7 nitrogen and oxygen atoms in total. The van der Waals surface area contributed by atoms with Crippen LogP contribution in [-0.4, -0.2) is 25.0 Å². The molecule has 2 aromatic heterocycles. The Balaban J connectivity index is 1.50. The van der Waals surface area contributed by atoms with Crippen LogP contribution in [0.2, 0.25) is 0 Å². The topological polar surface area (TPSA) is 94.5 Å². The molecule has 0 aliphatic heterocycles. The van der Waals surface area contributed by atoms with E-state index in [1.54, 1.807) is 11.8 Å². The smallest absolute Gasteiger partial charge is 0.219 e. The molecule has 106 valence electrons. The predicted molar refractivity (Wildman–Crippen MR) is 77.5 cm³/mol. The zero-order chi connectivity index (χ0) is 13.5. The summed E-state index contributed by atoms with van der Waals surface area (Å²) >= 11 is 3.16. The fourth-order valence-corrected chi connectivity index (χ4v) is 3.83. The van der Waals surface area contributed by atoms with Gasteiger partial charge in [-0.25, -0.2) is 5.84 Å². The maximum absolute atomic E-state index is 5.31. The number of hydrazine groups is 1. The molecule has 0 radical (unpaired) electrons. The van der Waals surface area contributed by atoms with E-state index < -0.39 is 0 Å². The minimum absolute atomic E-state index is 0.624. The van der Waals surface area contributed by atoms with Crippen molar-refractivity contribution in [1.82, 2.24) is 25.0 Å². The zero-order valence-corrected chi connectivity index (χ0v) is 12.5. The van der Waals surface area contributed by atoms with Crippen molar-refractivity contribution in [3.8, 4) is 0 Å². The number of hydrogen-bond donors (Lipinski definition) is 2. The Hall–Kier alpha value is -1.19. The number of nitrogens with two attached hydrogens (primary N) is 1. The molecule has 2 heterocycles. The van der Waals surface area contributed by atoms with Crippen molar-refractivity contribution >= 4 is 28.2 Å². The third kappa shape index (κ3) is 2.40. The third-order valence-corrected chi connectivity index (χ3v) is 5.45. The second-order valence-corrected chi connectivity index (χ2v) is 7.15. The maximum Gasteiger partial charge on any atom is 0.219 e. The summed E-state index contributed by atoms with van der Waals surface area (Å²) < 4.78 is 2.35. The zero-order valence-electron chi connectivity index (χ0n) is 10.8. The first-order valence-corrected chi connectivity index (χ1v) is 8.52. The van der Waals surface area contributed by atoms with Crippen LogP contribution in [0.1, 0.15) is 48.5 Å². The van der Waals surface area contributed by atoms with Crippen LogP contribution < -0.4 is 11.3 Å². The molecule has 4 rings (SSSR count). The van der Waals surface area contributed by atoms with Crippen LogP contribution in [0.5, 0.6) is 0 Å². The van der Waals surface area contributed by atoms with Gasteiger partial charge in [0.2, 0.25) is 5.13 Å². The molecule has 0 spiro atoms. The van der Waals surface area contributed by atoms with Gasteiger partial charge >= 0.3 is 0 Å². The van der Waals surface area contributed by atoms with Gasteiger partial charge in [0.25, 0.3) is 0 Å². The Morgan fingerprint density at radius 1 is 1.20 bits per heavy atom. The number of nitrogens with zero attached hydrogens (tertiary/aromatic N) is 5. The lowest BCUT2D eigenvalue weighted by Gasteiger charge is -2.06. The van der Waals surface area contributed by atoms with Crippen LogP contribution in [0.3, 0.4) is 0 Å². The summed E-state index contributed by atoms with van der Waals surface area (Å²) in [5, 5.41) is 19.4. The molecule has 20 heavy (non-hydrogen) atoms. The highest BCUT2D eigenvalue weighted by Gasteiger charge is 2.36. The summed E-state index contributed by atoms with van der Waals surface area (Å²) in [6.07, 6.45) is 5.03. The molecule has 9 heteroatoms. The van der Waals surface area contributed by atoms with Gasteiger partial charge in [-0.15, -0.1) is 20.4 Å². The van der Waals surface area contributed by atoms with Crippen LogP contribution in [0.15, 0.2) is 5.16 Å². The third-order valence-electron chi connectivity index (χ3n) is 3.46. The second-order valence-electron chi connectivity index (χ2n) is 5.15. The number of anilines is 1. The monoisotopic (exact) mass is 309 g/mol. The van der Waals surface area contributed by atoms with E-state index in [0.717, 1.165) is 15.9 Å². The molecule has 2 aromatic rings. The molecule has 0 unspecified atom stereocenters. The lowest BCUT2D eigenvalue weighted by Crippen LogP contribution is -2.05. The van der Waals surface area contributed by atoms with Crippen molar-refractivity contribution in [2.45, 2.75) is 48.6 Å². The van der Waals surface area contributed by atoms with Crippen molar-refractivity contribution < 1.29 is 0 Å². The van der Waals surface area contributed by atoms with Crippen LogP contribution in [0, 0.1) is 0 Å². The van der Waals surface area contributed by atoms with E-state index >= 15 is 0 Å². The highest BCUT2D eigenvalue weighted by Crippen LogP contribution is 2.46. The van der Waals surface area contributed by atoms with E-state index in [1.165, 1.54) is 42.8 Å². The largest absolute Gasteiger partial charge is 0.303 e. The normalized spacial score (nSPS) is 18.4. The van der Waals surface area contributed by atoms with E-state index in [4.69, 9.17) is 5.84 Å². The van der Waals surface area contributed by atoms with Crippen molar-refractivity contribution in [1.29, 1.82) is 0 Å². The predicted octanol–water partition coefficient (Wildman–Crippen LogP) is 1.92. The highest BCUT2D eigenvalue weighted by atomic mass is 32.2. The first-order valence-electron chi connectivity index (χ1n) is 6.71. The van der Waals surface area contributed by atoms with Gasteiger partial charge in [-0.1, -0.05) is 23.1 Å². The average Bonchev–Trinajstić information content (AvgIpc) is 3.39. The number of aromatic nitrogens is 5. The molecule has 2 saturated carbocycles. The molecule has 0 atom stereocenters. The number of thioether (sulfide) groups is 1. The Labute approximate surface area is 124 Å². The van der Waals surface area contributed by atoms with Crippen LogP contribution >= 0.6 is 23.1 Å². The number of nitrogens with one attached hydrogen (secondary N) is 1. The van der Waals surface area contributed by atoms with Crippen molar-refractivity contribution in [3.63, 3.8) is 0 Å². The standard InChI is InChI=1S/C11H15N7S2/c12-13-10-16-14-8(20-10)5-19-11-17-15-9(6-1-2-6)18(11)7-3-4-7/h6-7H,1-5,12H2,(H,13,16). The Bertz CT molecular complexity index is 614. The van der Waals surface area contributed by atoms with E-state index in [0.29, 0.717) is 17.1 Å². The summed E-state index contributed by atoms with van der Waals surface area (Å²) in [6, 6.07) is 0.624. The first kappa shape index (κ1) is 12.5. The molecule has 0 bridgehead atoms. The summed E-state index contributed by atoms with van der Waals surface area (Å²) in [6.45, 7) is 0. The van der Waals surface area contributed by atoms with Crippen molar-refractivity contribution in [3.05, 3.63) is 10.8 Å². The van der Waals surface area contributed by atoms with E-state index in [-0.39, 0.29) is 0 Å². The number of hydrogen-bond acceptors (Lipinski definition) is 8. The SMILES string of the molecule is NNc1nnc(CSc2nnc(C3CC3)n2C2CC2)s1. The van der Waals surface area contributed by atoms with Gasteiger partial charge in [-0.2, -0.15) is 0 Å². The van der Waals surface area contributed by atoms with Gasteiger partial charge in [0.15, 0.2) is 5.16 Å². The molecule has 3 N–H and O–H groups in total. The average molecular weight is 309 g/mol. The number of nitrogen functional groups attached to an aromatic ring is 1. The lowest BCUT2D eigenvalue weighted by molar-refractivity contribution is 0.627. The first-order chi connectivity index (χ1) is 9.85. The van der Waals surface area contributed by atoms with Crippen LogP contribution in [0.4, 0.5) is 5.13 Å². The van der Waals surface area contributed by atoms with Crippen molar-refractivity contribution in [2.24, 2.45) is 5.84 Å². The summed E-state index contributed by atoms with van der Waals surface area (Å²) in [4.78, 5) is 0. The summed E-state index contributed by atoms with van der Waals surface area (Å²) in [5.74, 6) is 7.91. The molecule has 2 fully saturated rings. The molecule has 0 saturated heterocycles. The van der Waals surface area contributed by atoms with Gasteiger partial charge < -0.3 is 4.57 Å².